The van der Waals surface area contributed by atoms with Gasteiger partial charge in [-0.3, -0.25) is 9.36 Å². The smallest absolute Gasteiger partial charge is 0.419 e. The Kier molecular flexibility index (Phi) is 4.48. The van der Waals surface area contributed by atoms with Crippen molar-refractivity contribution in [1.82, 2.24) is 14.5 Å². The van der Waals surface area contributed by atoms with Crippen LogP contribution < -0.4 is 16.1 Å². The first-order chi connectivity index (χ1) is 14.6. The highest BCUT2D eigenvalue weighted by atomic mass is 32.1. The van der Waals surface area contributed by atoms with Crippen LogP contribution in [0.2, 0.25) is 0 Å². The fourth-order valence-corrected chi connectivity index (χ4v) is 4.51. The van der Waals surface area contributed by atoms with Gasteiger partial charge in [0.25, 0.3) is 5.56 Å². The molecule has 3 aromatic heterocycles. The number of methoxy groups -OCH3 is 1. The highest BCUT2D eigenvalue weighted by Crippen LogP contribution is 2.31. The van der Waals surface area contributed by atoms with Crippen molar-refractivity contribution in [2.24, 2.45) is 0 Å². The second kappa shape index (κ2) is 7.31. The Morgan fingerprint density at radius 2 is 1.93 bits per heavy atom. The van der Waals surface area contributed by atoms with Crippen molar-refractivity contribution in [2.75, 3.05) is 7.11 Å². The van der Waals surface area contributed by atoms with Gasteiger partial charge in [-0.25, -0.2) is 9.78 Å². The summed E-state index contributed by atoms with van der Waals surface area (Å²) in [7, 11) is 1.62. The molecule has 0 spiro atoms. The van der Waals surface area contributed by atoms with Gasteiger partial charge in [0, 0.05) is 23.9 Å². The van der Waals surface area contributed by atoms with Crippen LogP contribution in [0.4, 0.5) is 0 Å². The number of aromatic amines is 1. The number of aryl methyl sites for hydroxylation is 2. The summed E-state index contributed by atoms with van der Waals surface area (Å²) in [5.74, 6) is 0.875. The summed E-state index contributed by atoms with van der Waals surface area (Å²) in [6.45, 7) is 0.362. The van der Waals surface area contributed by atoms with E-state index in [1.165, 1.54) is 11.3 Å². The highest BCUT2D eigenvalue weighted by molar-refractivity contribution is 7.17. The fourth-order valence-electron chi connectivity index (χ4n) is 3.54. The number of hydrogen-bond acceptors (Lipinski definition) is 6. The summed E-state index contributed by atoms with van der Waals surface area (Å²) in [4.78, 5) is 33.1. The zero-order chi connectivity index (χ0) is 20.7. The number of nitrogens with one attached hydrogen (secondary N) is 1. The monoisotopic (exact) mass is 419 g/mol. The van der Waals surface area contributed by atoms with Crippen molar-refractivity contribution < 1.29 is 9.15 Å². The maximum Gasteiger partial charge on any atom is 0.419 e. The van der Waals surface area contributed by atoms with E-state index < -0.39 is 5.76 Å². The van der Waals surface area contributed by atoms with Crippen LogP contribution >= 0.6 is 11.3 Å². The molecule has 0 bridgehead atoms. The molecule has 0 aliphatic carbocycles. The summed E-state index contributed by atoms with van der Waals surface area (Å²) in [6.07, 6.45) is 0.407. The van der Waals surface area contributed by atoms with Crippen LogP contribution in [-0.2, 0) is 13.0 Å². The van der Waals surface area contributed by atoms with Gasteiger partial charge in [0.15, 0.2) is 5.58 Å². The molecule has 150 valence electrons. The first-order valence-corrected chi connectivity index (χ1v) is 10.2. The number of H-pyrrole nitrogens is 1. The summed E-state index contributed by atoms with van der Waals surface area (Å²) >= 11 is 1.43. The molecule has 0 aliphatic rings. The molecule has 3 heterocycles. The van der Waals surface area contributed by atoms with Crippen molar-refractivity contribution in [2.45, 2.75) is 13.0 Å². The normalized spacial score (nSPS) is 11.4. The molecule has 0 atom stereocenters. The number of benzene rings is 2. The average molecular weight is 419 g/mol. The van der Waals surface area contributed by atoms with Gasteiger partial charge in [-0.15, -0.1) is 11.3 Å². The van der Waals surface area contributed by atoms with E-state index in [1.54, 1.807) is 17.7 Å². The van der Waals surface area contributed by atoms with Gasteiger partial charge in [0.05, 0.1) is 18.0 Å². The van der Waals surface area contributed by atoms with Crippen molar-refractivity contribution in [1.29, 1.82) is 0 Å². The Balaban J connectivity index is 1.47. The molecule has 0 aliphatic heterocycles. The van der Waals surface area contributed by atoms with E-state index in [2.05, 4.69) is 9.97 Å². The lowest BCUT2D eigenvalue weighted by Crippen LogP contribution is -2.18. The molecule has 0 saturated carbocycles. The van der Waals surface area contributed by atoms with Crippen LogP contribution in [-0.4, -0.2) is 21.6 Å². The van der Waals surface area contributed by atoms with Crippen LogP contribution in [0, 0.1) is 0 Å². The summed E-state index contributed by atoms with van der Waals surface area (Å²) in [5, 5.41) is 2.51. The molecule has 30 heavy (non-hydrogen) atoms. The first kappa shape index (κ1) is 18.4. The number of nitrogens with zero attached hydrogens (tertiary/aromatic N) is 2. The van der Waals surface area contributed by atoms with Gasteiger partial charge in [-0.1, -0.05) is 24.3 Å². The van der Waals surface area contributed by atoms with Crippen molar-refractivity contribution in [3.63, 3.8) is 0 Å². The third kappa shape index (κ3) is 3.11. The standard InChI is InChI=1S/C22H17N3O4S/c1-28-14-8-6-13(7-9-14)15-12-30-21-19(15)20(26)23-18(24-21)10-11-25-16-4-2-3-5-17(16)29-22(25)27/h2-9,12H,10-11H2,1H3,(H,23,24,26). The van der Waals surface area contributed by atoms with Crippen LogP contribution in [0.1, 0.15) is 5.82 Å². The number of oxazole rings is 1. The summed E-state index contributed by atoms with van der Waals surface area (Å²) < 4.78 is 12.0. The average Bonchev–Trinajstić information content (AvgIpc) is 3.33. The molecule has 2 aromatic carbocycles. The molecule has 7 nitrogen and oxygen atoms in total. The van der Waals surface area contributed by atoms with Crippen molar-refractivity contribution in [3.05, 3.63) is 80.6 Å². The molecule has 0 amide bonds. The minimum Gasteiger partial charge on any atom is -0.497 e. The maximum absolute atomic E-state index is 12.8. The van der Waals surface area contributed by atoms with E-state index in [9.17, 15) is 9.59 Å². The molecule has 0 fully saturated rings. The highest BCUT2D eigenvalue weighted by Gasteiger charge is 2.14. The molecule has 0 unspecified atom stereocenters. The number of thiophene rings is 1. The Morgan fingerprint density at radius 3 is 2.73 bits per heavy atom. The van der Waals surface area contributed by atoms with E-state index in [0.29, 0.717) is 34.6 Å². The lowest BCUT2D eigenvalue weighted by molar-refractivity contribution is 0.415. The Labute approximate surface area is 174 Å². The first-order valence-electron chi connectivity index (χ1n) is 9.37. The number of aromatic nitrogens is 3. The second-order valence-corrected chi connectivity index (χ2v) is 7.67. The topological polar surface area (TPSA) is 90.1 Å². The molecule has 8 heteroatoms. The van der Waals surface area contributed by atoms with Crippen LogP contribution in [0.5, 0.6) is 5.75 Å². The largest absolute Gasteiger partial charge is 0.497 e. The van der Waals surface area contributed by atoms with E-state index in [4.69, 9.17) is 9.15 Å². The molecule has 1 N–H and O–H groups in total. The zero-order valence-electron chi connectivity index (χ0n) is 16.0. The second-order valence-electron chi connectivity index (χ2n) is 6.81. The van der Waals surface area contributed by atoms with E-state index in [0.717, 1.165) is 22.4 Å². The third-order valence-corrected chi connectivity index (χ3v) is 5.91. The Morgan fingerprint density at radius 1 is 1.13 bits per heavy atom. The lowest BCUT2D eigenvalue weighted by atomic mass is 10.1. The van der Waals surface area contributed by atoms with Gasteiger partial charge in [-0.2, -0.15) is 0 Å². The lowest BCUT2D eigenvalue weighted by Gasteiger charge is -2.04. The number of para-hydroxylation sites is 2. The van der Waals surface area contributed by atoms with Crippen molar-refractivity contribution >= 4 is 32.7 Å². The van der Waals surface area contributed by atoms with Gasteiger partial charge in [0.1, 0.15) is 16.4 Å². The van der Waals surface area contributed by atoms with Crippen LogP contribution in [0.3, 0.4) is 0 Å². The number of hydrogen-bond donors (Lipinski definition) is 1. The minimum atomic E-state index is -0.419. The number of fused-ring (bicyclic) bond motifs is 2. The predicted molar refractivity (Wildman–Crippen MR) is 116 cm³/mol. The number of rotatable bonds is 5. The van der Waals surface area contributed by atoms with E-state index in [1.807, 2.05) is 47.8 Å². The van der Waals surface area contributed by atoms with Crippen LogP contribution in [0.15, 0.2) is 67.9 Å². The molecule has 5 aromatic rings. The number of ether oxygens (including phenoxy) is 1. The summed E-state index contributed by atoms with van der Waals surface area (Å²) in [5.41, 5.74) is 2.85. The predicted octanol–water partition coefficient (Wildman–Crippen LogP) is 3.81. The minimum absolute atomic E-state index is 0.188. The quantitative estimate of drug-likeness (QED) is 0.468. The van der Waals surface area contributed by atoms with E-state index in [-0.39, 0.29) is 5.56 Å². The molecule has 5 rings (SSSR count). The fraction of sp³-hybridized carbons (Fsp3) is 0.136. The molecular formula is C22H17N3O4S. The zero-order valence-corrected chi connectivity index (χ0v) is 16.9. The van der Waals surface area contributed by atoms with Crippen molar-refractivity contribution in [3.8, 4) is 16.9 Å². The Bertz CT molecular complexity index is 1470. The Hall–Kier alpha value is -3.65. The molecule has 0 radical (unpaired) electrons. The van der Waals surface area contributed by atoms with Gasteiger partial charge in [-0.05, 0) is 29.8 Å². The van der Waals surface area contributed by atoms with E-state index >= 15 is 0 Å². The van der Waals surface area contributed by atoms with Gasteiger partial charge in [0.2, 0.25) is 0 Å². The van der Waals surface area contributed by atoms with Gasteiger partial charge >= 0.3 is 5.76 Å². The molecular weight excluding hydrogens is 402 g/mol. The third-order valence-electron chi connectivity index (χ3n) is 5.04. The maximum atomic E-state index is 12.8. The molecule has 0 saturated heterocycles. The van der Waals surface area contributed by atoms with Crippen LogP contribution in [0.25, 0.3) is 32.4 Å². The SMILES string of the molecule is COc1ccc(-c2csc3nc(CCn4c(=O)oc5ccccc54)[nH]c(=O)c23)cc1. The summed E-state index contributed by atoms with van der Waals surface area (Å²) in [6, 6.07) is 14.8. The van der Waals surface area contributed by atoms with Gasteiger partial charge < -0.3 is 14.1 Å².